The second-order valence-corrected chi connectivity index (χ2v) is 6.61. The molecule has 0 aliphatic carbocycles. The molecule has 1 aromatic heterocycles. The number of nitrogens with zero attached hydrogens (tertiary/aromatic N) is 3. The molecule has 2 bridgehead atoms. The summed E-state index contributed by atoms with van der Waals surface area (Å²) in [4.78, 5) is 21.5. The molecule has 126 valence electrons. The van der Waals surface area contributed by atoms with Crippen LogP contribution in [0.1, 0.15) is 31.9 Å². The molecule has 3 saturated heterocycles. The number of ether oxygens (including phenoxy) is 1. The number of carbonyl (C=O) groups excluding carboxylic acids is 1. The van der Waals surface area contributed by atoms with Gasteiger partial charge in [-0.2, -0.15) is 0 Å². The molecule has 0 saturated carbocycles. The van der Waals surface area contributed by atoms with Gasteiger partial charge in [0.2, 0.25) is 5.91 Å². The number of piperidine rings is 1. The fourth-order valence-electron chi connectivity index (χ4n) is 3.78. The normalized spacial score (nSPS) is 24.7. The molecule has 3 aliphatic heterocycles. The van der Waals surface area contributed by atoms with Gasteiger partial charge in [0.1, 0.15) is 0 Å². The Bertz CT molecular complexity index is 508. The van der Waals surface area contributed by atoms with Gasteiger partial charge in [0.15, 0.2) is 0 Å². The number of rotatable bonds is 6. The molecule has 0 N–H and O–H groups in total. The Morgan fingerprint density at radius 3 is 3.00 bits per heavy atom. The van der Waals surface area contributed by atoms with Crippen LogP contribution < -0.4 is 0 Å². The summed E-state index contributed by atoms with van der Waals surface area (Å²) in [6.45, 7) is 7.02. The Morgan fingerprint density at radius 1 is 1.30 bits per heavy atom. The maximum absolute atomic E-state index is 12.5. The van der Waals surface area contributed by atoms with Crippen LogP contribution in [0, 0.1) is 5.92 Å². The molecule has 23 heavy (non-hydrogen) atoms. The molecule has 0 aromatic carbocycles. The average Bonchev–Trinajstić information content (AvgIpc) is 2.86. The molecule has 2 unspecified atom stereocenters. The number of carbonyl (C=O) groups is 1. The molecule has 3 fully saturated rings. The monoisotopic (exact) mass is 317 g/mol. The van der Waals surface area contributed by atoms with Crippen LogP contribution in [0.25, 0.3) is 0 Å². The number of hydrogen-bond donors (Lipinski definition) is 0. The van der Waals surface area contributed by atoms with Crippen LogP contribution in [0.3, 0.4) is 0 Å². The van der Waals surface area contributed by atoms with Gasteiger partial charge in [-0.3, -0.25) is 14.7 Å². The Balaban J connectivity index is 1.60. The predicted octanol–water partition coefficient (Wildman–Crippen LogP) is 1.93. The van der Waals surface area contributed by atoms with E-state index in [2.05, 4.69) is 20.9 Å². The molecule has 0 spiro atoms. The molecule has 4 heterocycles. The topological polar surface area (TPSA) is 45.7 Å². The molecule has 5 nitrogen and oxygen atoms in total. The summed E-state index contributed by atoms with van der Waals surface area (Å²) in [5.41, 5.74) is 1.11. The van der Waals surface area contributed by atoms with Gasteiger partial charge in [0.05, 0.1) is 18.7 Å². The van der Waals surface area contributed by atoms with Crippen molar-refractivity contribution in [3.05, 3.63) is 30.1 Å². The lowest BCUT2D eigenvalue weighted by Gasteiger charge is -2.36. The summed E-state index contributed by atoms with van der Waals surface area (Å²) in [7, 11) is 0. The lowest BCUT2D eigenvalue weighted by atomic mass is 9.95. The Labute approximate surface area is 138 Å². The number of pyridine rings is 1. The molecular weight excluding hydrogens is 290 g/mol. The van der Waals surface area contributed by atoms with E-state index in [0.29, 0.717) is 31.6 Å². The van der Waals surface area contributed by atoms with E-state index >= 15 is 0 Å². The van der Waals surface area contributed by atoms with E-state index in [1.807, 2.05) is 25.3 Å². The average molecular weight is 317 g/mol. The number of amides is 1. The summed E-state index contributed by atoms with van der Waals surface area (Å²) >= 11 is 0. The van der Waals surface area contributed by atoms with Gasteiger partial charge >= 0.3 is 0 Å². The number of fused-ring (bicyclic) bond motifs is 4. The first kappa shape index (κ1) is 16.4. The van der Waals surface area contributed by atoms with Crippen molar-refractivity contribution >= 4 is 5.91 Å². The van der Waals surface area contributed by atoms with Crippen molar-refractivity contribution in [1.29, 1.82) is 0 Å². The number of hydrogen-bond acceptors (Lipinski definition) is 4. The van der Waals surface area contributed by atoms with Crippen molar-refractivity contribution in [2.45, 2.75) is 38.8 Å². The maximum atomic E-state index is 12.5. The largest absolute Gasteiger partial charge is 0.381 e. The van der Waals surface area contributed by atoms with Gasteiger partial charge in [0.25, 0.3) is 0 Å². The van der Waals surface area contributed by atoms with Crippen LogP contribution in [0.4, 0.5) is 0 Å². The zero-order chi connectivity index (χ0) is 16.1. The lowest BCUT2D eigenvalue weighted by Crippen LogP contribution is -2.47. The number of aromatic nitrogens is 1. The molecule has 1 aromatic rings. The highest BCUT2D eigenvalue weighted by atomic mass is 16.5. The fraction of sp³-hybridized carbons (Fsp3) is 0.667. The second-order valence-electron chi connectivity index (χ2n) is 6.61. The van der Waals surface area contributed by atoms with E-state index in [0.717, 1.165) is 38.3 Å². The molecule has 0 radical (unpaired) electrons. The minimum Gasteiger partial charge on any atom is -0.381 e. The Hall–Kier alpha value is -1.46. The van der Waals surface area contributed by atoms with Crippen LogP contribution in [-0.4, -0.2) is 59.6 Å². The van der Waals surface area contributed by atoms with Crippen molar-refractivity contribution in [3.8, 4) is 0 Å². The van der Waals surface area contributed by atoms with Gasteiger partial charge < -0.3 is 9.64 Å². The second kappa shape index (κ2) is 7.88. The SMILES string of the molecule is CCOCCC(=O)N1CC2CCC1CN(Cc1ccccn1)C2. The molecule has 2 atom stereocenters. The maximum Gasteiger partial charge on any atom is 0.225 e. The highest BCUT2D eigenvalue weighted by molar-refractivity contribution is 5.76. The quantitative estimate of drug-likeness (QED) is 0.752. The third-order valence-electron chi connectivity index (χ3n) is 4.89. The molecule has 4 rings (SSSR count). The van der Waals surface area contributed by atoms with E-state index in [1.54, 1.807) is 0 Å². The van der Waals surface area contributed by atoms with Crippen LogP contribution in [0.2, 0.25) is 0 Å². The van der Waals surface area contributed by atoms with Crippen molar-refractivity contribution in [1.82, 2.24) is 14.8 Å². The third-order valence-corrected chi connectivity index (χ3v) is 4.89. The van der Waals surface area contributed by atoms with Crippen molar-refractivity contribution in [2.24, 2.45) is 5.92 Å². The zero-order valence-electron chi connectivity index (χ0n) is 14.0. The van der Waals surface area contributed by atoms with Crippen molar-refractivity contribution in [3.63, 3.8) is 0 Å². The summed E-state index contributed by atoms with van der Waals surface area (Å²) in [5, 5.41) is 0. The highest BCUT2D eigenvalue weighted by Gasteiger charge is 2.36. The van der Waals surface area contributed by atoms with E-state index in [9.17, 15) is 4.79 Å². The van der Waals surface area contributed by atoms with Crippen LogP contribution >= 0.6 is 0 Å². The molecule has 5 heteroatoms. The van der Waals surface area contributed by atoms with Gasteiger partial charge in [-0.1, -0.05) is 6.07 Å². The standard InChI is InChI=1S/C18H27N3O2/c1-2-23-10-8-18(22)21-12-15-6-7-17(21)14-20(11-15)13-16-5-3-4-9-19-16/h3-5,9,15,17H,2,6-8,10-14H2,1H3. The summed E-state index contributed by atoms with van der Waals surface area (Å²) in [5.74, 6) is 0.848. The Morgan fingerprint density at radius 2 is 2.22 bits per heavy atom. The van der Waals surface area contributed by atoms with Gasteiger partial charge in [0, 0.05) is 45.0 Å². The minimum absolute atomic E-state index is 0.257. The van der Waals surface area contributed by atoms with Crippen molar-refractivity contribution in [2.75, 3.05) is 32.8 Å². The minimum atomic E-state index is 0.257. The first-order chi connectivity index (χ1) is 11.3. The zero-order valence-corrected chi connectivity index (χ0v) is 14.0. The summed E-state index contributed by atoms with van der Waals surface area (Å²) in [6.07, 6.45) is 4.73. The Kier molecular flexibility index (Phi) is 5.62. The first-order valence-electron chi connectivity index (χ1n) is 8.75. The van der Waals surface area contributed by atoms with E-state index in [1.165, 1.54) is 6.42 Å². The predicted molar refractivity (Wildman–Crippen MR) is 88.8 cm³/mol. The van der Waals surface area contributed by atoms with Gasteiger partial charge in [-0.05, 0) is 37.8 Å². The van der Waals surface area contributed by atoms with E-state index < -0.39 is 0 Å². The van der Waals surface area contributed by atoms with Crippen LogP contribution in [0.5, 0.6) is 0 Å². The third kappa shape index (κ3) is 4.30. The van der Waals surface area contributed by atoms with Gasteiger partial charge in [-0.25, -0.2) is 0 Å². The lowest BCUT2D eigenvalue weighted by molar-refractivity contribution is -0.136. The molecular formula is C18H27N3O2. The van der Waals surface area contributed by atoms with Crippen LogP contribution in [-0.2, 0) is 16.1 Å². The van der Waals surface area contributed by atoms with Crippen molar-refractivity contribution < 1.29 is 9.53 Å². The molecule has 1 amide bonds. The summed E-state index contributed by atoms with van der Waals surface area (Å²) < 4.78 is 5.34. The van der Waals surface area contributed by atoms with E-state index in [-0.39, 0.29) is 5.91 Å². The first-order valence-corrected chi connectivity index (χ1v) is 8.75. The van der Waals surface area contributed by atoms with Gasteiger partial charge in [-0.15, -0.1) is 0 Å². The smallest absolute Gasteiger partial charge is 0.225 e. The van der Waals surface area contributed by atoms with Crippen LogP contribution in [0.15, 0.2) is 24.4 Å². The summed E-state index contributed by atoms with van der Waals surface area (Å²) in [6, 6.07) is 6.43. The van der Waals surface area contributed by atoms with E-state index in [4.69, 9.17) is 4.74 Å². The fourth-order valence-corrected chi connectivity index (χ4v) is 3.78. The molecule has 3 aliphatic rings. The highest BCUT2D eigenvalue weighted by Crippen LogP contribution is 2.29.